The summed E-state index contributed by atoms with van der Waals surface area (Å²) in [6.07, 6.45) is 5.99. The van der Waals surface area contributed by atoms with Gasteiger partial charge in [-0.2, -0.15) is 5.10 Å². The molecule has 3 heterocycles. The number of hydrogen-bond acceptors (Lipinski definition) is 6. The zero-order valence-electron chi connectivity index (χ0n) is 16.8. The Kier molecular flexibility index (Phi) is 5.74. The lowest BCUT2D eigenvalue weighted by atomic mass is 10.1. The highest BCUT2D eigenvalue weighted by atomic mass is 16.2. The topological polar surface area (TPSA) is 88.0 Å². The van der Waals surface area contributed by atoms with Crippen LogP contribution in [0.4, 0.5) is 5.82 Å². The molecule has 27 heavy (non-hydrogen) atoms. The summed E-state index contributed by atoms with van der Waals surface area (Å²) >= 11 is 0. The number of rotatable bonds is 6. The molecule has 1 unspecified atom stereocenters. The first-order valence-corrected chi connectivity index (χ1v) is 9.43. The lowest BCUT2D eigenvalue weighted by molar-refractivity contribution is 0.0952. The molecule has 1 saturated heterocycles. The fourth-order valence-corrected chi connectivity index (χ4v) is 3.62. The first kappa shape index (κ1) is 19.3. The van der Waals surface area contributed by atoms with Crippen molar-refractivity contribution in [2.24, 2.45) is 7.05 Å². The number of carbonyl (C=O) groups excluding carboxylic acids is 1. The maximum Gasteiger partial charge on any atom is 0.288 e. The molecule has 1 aliphatic heterocycles. The predicted molar refractivity (Wildman–Crippen MR) is 105 cm³/mol. The summed E-state index contributed by atoms with van der Waals surface area (Å²) in [6, 6.07) is 0.767. The van der Waals surface area contributed by atoms with Crippen LogP contribution < -0.4 is 15.5 Å². The second-order valence-corrected chi connectivity index (χ2v) is 7.39. The molecule has 2 N–H and O–H groups in total. The van der Waals surface area contributed by atoms with E-state index in [1.54, 1.807) is 7.05 Å². The minimum absolute atomic E-state index is 0.233. The van der Waals surface area contributed by atoms with Crippen molar-refractivity contribution in [1.82, 2.24) is 30.4 Å². The van der Waals surface area contributed by atoms with Crippen molar-refractivity contribution >= 4 is 11.7 Å². The Hall–Kier alpha value is -2.48. The number of amides is 1. The first-order valence-electron chi connectivity index (χ1n) is 9.43. The molecule has 1 fully saturated rings. The number of aryl methyl sites for hydroxylation is 2. The van der Waals surface area contributed by atoms with Crippen molar-refractivity contribution in [3.8, 4) is 0 Å². The van der Waals surface area contributed by atoms with Gasteiger partial charge in [0.1, 0.15) is 5.82 Å². The van der Waals surface area contributed by atoms with Gasteiger partial charge in [-0.25, -0.2) is 9.97 Å². The monoisotopic (exact) mass is 371 g/mol. The third-order valence-corrected chi connectivity index (χ3v) is 5.10. The number of nitrogens with zero attached hydrogens (tertiary/aromatic N) is 5. The van der Waals surface area contributed by atoms with E-state index in [-0.39, 0.29) is 11.7 Å². The van der Waals surface area contributed by atoms with Crippen LogP contribution in [0.5, 0.6) is 0 Å². The highest BCUT2D eigenvalue weighted by Crippen LogP contribution is 2.24. The van der Waals surface area contributed by atoms with Gasteiger partial charge in [0.05, 0.1) is 6.20 Å². The molecular formula is C19H29N7O. The maximum absolute atomic E-state index is 12.0. The van der Waals surface area contributed by atoms with Gasteiger partial charge in [0.25, 0.3) is 5.91 Å². The molecule has 8 nitrogen and oxygen atoms in total. The van der Waals surface area contributed by atoms with Crippen LogP contribution in [-0.4, -0.2) is 57.9 Å². The SMILES string of the molecule is CNC(=O)c1nc(C)c(C)c(N2CC[C@@H](NC(C)Cc3cnn(C)c3)C2)n1. The van der Waals surface area contributed by atoms with E-state index in [0.717, 1.165) is 43.0 Å². The van der Waals surface area contributed by atoms with Crippen LogP contribution >= 0.6 is 0 Å². The van der Waals surface area contributed by atoms with E-state index in [4.69, 9.17) is 0 Å². The van der Waals surface area contributed by atoms with Gasteiger partial charge in [-0.3, -0.25) is 9.48 Å². The number of carbonyl (C=O) groups is 1. The third kappa shape index (κ3) is 4.44. The van der Waals surface area contributed by atoms with E-state index < -0.39 is 0 Å². The molecule has 0 saturated carbocycles. The molecule has 2 aromatic heterocycles. The Bertz CT molecular complexity index is 816. The van der Waals surface area contributed by atoms with Crippen molar-refractivity contribution in [1.29, 1.82) is 0 Å². The average Bonchev–Trinajstić information content (AvgIpc) is 3.25. The molecule has 2 aromatic rings. The second-order valence-electron chi connectivity index (χ2n) is 7.39. The Balaban J connectivity index is 1.65. The zero-order chi connectivity index (χ0) is 19.6. The lowest BCUT2D eigenvalue weighted by Gasteiger charge is -2.23. The quantitative estimate of drug-likeness (QED) is 0.787. The summed E-state index contributed by atoms with van der Waals surface area (Å²) in [5, 5.41) is 10.6. The molecule has 3 rings (SSSR count). The number of hydrogen-bond donors (Lipinski definition) is 2. The van der Waals surface area contributed by atoms with Crippen molar-refractivity contribution in [3.05, 3.63) is 35.0 Å². The normalized spacial score (nSPS) is 18.0. The van der Waals surface area contributed by atoms with Gasteiger partial charge in [-0.15, -0.1) is 0 Å². The summed E-state index contributed by atoms with van der Waals surface area (Å²) in [7, 11) is 3.54. The summed E-state index contributed by atoms with van der Waals surface area (Å²) < 4.78 is 1.84. The molecular weight excluding hydrogens is 342 g/mol. The molecule has 0 aromatic carbocycles. The minimum Gasteiger partial charge on any atom is -0.355 e. The van der Waals surface area contributed by atoms with Crippen LogP contribution in [0.3, 0.4) is 0 Å². The number of nitrogens with one attached hydrogen (secondary N) is 2. The zero-order valence-corrected chi connectivity index (χ0v) is 16.8. The van der Waals surface area contributed by atoms with Crippen LogP contribution in [-0.2, 0) is 13.5 Å². The van der Waals surface area contributed by atoms with Gasteiger partial charge >= 0.3 is 0 Å². The summed E-state index contributed by atoms with van der Waals surface area (Å²) in [5.74, 6) is 0.848. The standard InChI is InChI=1S/C19H29N7O/c1-12(8-15-9-21-25(5)10-15)22-16-6-7-26(11-16)18-13(2)14(3)23-17(24-18)19(27)20-4/h9-10,12,16,22H,6-8,11H2,1-5H3,(H,20,27)/t12?,16-/m1/s1. The van der Waals surface area contributed by atoms with Gasteiger partial charge in [0.15, 0.2) is 0 Å². The van der Waals surface area contributed by atoms with Crippen LogP contribution in [0.25, 0.3) is 0 Å². The van der Waals surface area contributed by atoms with E-state index in [0.29, 0.717) is 12.1 Å². The number of anilines is 1. The summed E-state index contributed by atoms with van der Waals surface area (Å²) in [6.45, 7) is 7.95. The van der Waals surface area contributed by atoms with Gasteiger partial charge in [-0.05, 0) is 39.2 Å². The predicted octanol–water partition coefficient (Wildman–Crippen LogP) is 0.986. The van der Waals surface area contributed by atoms with Crippen molar-refractivity contribution < 1.29 is 4.79 Å². The Labute approximate surface area is 160 Å². The molecule has 0 radical (unpaired) electrons. The van der Waals surface area contributed by atoms with Crippen molar-refractivity contribution in [3.63, 3.8) is 0 Å². The maximum atomic E-state index is 12.0. The highest BCUT2D eigenvalue weighted by molar-refractivity contribution is 5.90. The van der Waals surface area contributed by atoms with Gasteiger partial charge in [0.2, 0.25) is 5.82 Å². The largest absolute Gasteiger partial charge is 0.355 e. The molecule has 0 spiro atoms. The Morgan fingerprint density at radius 2 is 2.15 bits per heavy atom. The summed E-state index contributed by atoms with van der Waals surface area (Å²) in [5.41, 5.74) is 3.12. The fraction of sp³-hybridized carbons (Fsp3) is 0.579. The molecule has 146 valence electrons. The average molecular weight is 371 g/mol. The highest BCUT2D eigenvalue weighted by Gasteiger charge is 2.27. The van der Waals surface area contributed by atoms with E-state index in [1.165, 1.54) is 5.56 Å². The number of aromatic nitrogens is 4. The third-order valence-electron chi connectivity index (χ3n) is 5.10. The molecule has 8 heteroatoms. The van der Waals surface area contributed by atoms with Gasteiger partial charge in [-0.1, -0.05) is 0 Å². The Morgan fingerprint density at radius 3 is 2.81 bits per heavy atom. The van der Waals surface area contributed by atoms with E-state index in [2.05, 4.69) is 43.7 Å². The fourth-order valence-electron chi connectivity index (χ4n) is 3.62. The van der Waals surface area contributed by atoms with Crippen LogP contribution in [0.15, 0.2) is 12.4 Å². The van der Waals surface area contributed by atoms with E-state index >= 15 is 0 Å². The van der Waals surface area contributed by atoms with Crippen LogP contribution in [0.1, 0.15) is 40.8 Å². The molecule has 1 amide bonds. The van der Waals surface area contributed by atoms with E-state index in [9.17, 15) is 4.79 Å². The molecule has 0 aliphatic carbocycles. The lowest BCUT2D eigenvalue weighted by Crippen LogP contribution is -2.40. The Morgan fingerprint density at radius 1 is 1.37 bits per heavy atom. The smallest absolute Gasteiger partial charge is 0.288 e. The molecule has 2 atom stereocenters. The van der Waals surface area contributed by atoms with Crippen LogP contribution in [0, 0.1) is 13.8 Å². The van der Waals surface area contributed by atoms with Gasteiger partial charge in [0, 0.05) is 56.7 Å². The minimum atomic E-state index is -0.252. The summed E-state index contributed by atoms with van der Waals surface area (Å²) in [4.78, 5) is 23.1. The van der Waals surface area contributed by atoms with E-state index in [1.807, 2.05) is 31.8 Å². The van der Waals surface area contributed by atoms with Gasteiger partial charge < -0.3 is 15.5 Å². The van der Waals surface area contributed by atoms with Crippen molar-refractivity contribution in [2.75, 3.05) is 25.0 Å². The molecule has 1 aliphatic rings. The van der Waals surface area contributed by atoms with Crippen LogP contribution in [0.2, 0.25) is 0 Å². The molecule has 0 bridgehead atoms. The first-order chi connectivity index (χ1) is 12.9. The second kappa shape index (κ2) is 8.04. The van der Waals surface area contributed by atoms with Crippen molar-refractivity contribution in [2.45, 2.75) is 45.7 Å².